The second kappa shape index (κ2) is 8.63. The van der Waals surface area contributed by atoms with Gasteiger partial charge in [-0.3, -0.25) is 14.2 Å². The Morgan fingerprint density at radius 2 is 2.03 bits per heavy atom. The molecule has 0 aliphatic heterocycles. The smallest absolute Gasteiger partial charge is 0.338 e. The predicted octanol–water partition coefficient (Wildman–Crippen LogP) is 3.79. The number of ether oxygens (including phenoxy) is 1. The molecule has 0 spiro atoms. The normalized spacial score (nSPS) is 15.7. The van der Waals surface area contributed by atoms with Crippen molar-refractivity contribution in [2.24, 2.45) is 5.92 Å². The van der Waals surface area contributed by atoms with Gasteiger partial charge in [-0.1, -0.05) is 6.92 Å². The van der Waals surface area contributed by atoms with Crippen LogP contribution in [0.25, 0.3) is 10.2 Å². The molecule has 0 saturated heterocycles. The van der Waals surface area contributed by atoms with Gasteiger partial charge < -0.3 is 10.1 Å². The minimum Gasteiger partial charge on any atom is -0.459 e. The summed E-state index contributed by atoms with van der Waals surface area (Å²) in [7, 11) is 0. The number of nitrogens with zero attached hydrogens (tertiary/aromatic N) is 2. The van der Waals surface area contributed by atoms with E-state index in [0.29, 0.717) is 22.6 Å². The number of anilines is 1. The van der Waals surface area contributed by atoms with Gasteiger partial charge in [-0.25, -0.2) is 9.78 Å². The van der Waals surface area contributed by atoms with Crippen molar-refractivity contribution < 1.29 is 14.3 Å². The first-order chi connectivity index (χ1) is 14.8. The molecule has 162 valence electrons. The van der Waals surface area contributed by atoms with Gasteiger partial charge in [-0.05, 0) is 68.9 Å². The van der Waals surface area contributed by atoms with Crippen molar-refractivity contribution >= 4 is 39.1 Å². The zero-order valence-corrected chi connectivity index (χ0v) is 18.6. The molecular formula is C23H25N3O4S. The van der Waals surface area contributed by atoms with Crippen LogP contribution in [0.1, 0.15) is 48.0 Å². The molecule has 1 aliphatic rings. The minimum absolute atomic E-state index is 0.125. The predicted molar refractivity (Wildman–Crippen MR) is 121 cm³/mol. The first-order valence-corrected chi connectivity index (χ1v) is 11.2. The van der Waals surface area contributed by atoms with Crippen molar-refractivity contribution in [2.45, 2.75) is 52.7 Å². The molecule has 2 aromatic heterocycles. The van der Waals surface area contributed by atoms with Crippen molar-refractivity contribution in [1.29, 1.82) is 0 Å². The standard InChI is InChI=1S/C23H25N3O4S/c1-13(2)30-23(29)15-5-7-16(8-6-15)25-19(27)11-26-12-24-21-20(22(26)28)17-9-4-14(3)10-18(17)31-21/h5-8,12-14H,4,9-11H2,1-3H3,(H,25,27)/t14-/m0/s1. The number of aryl methyl sites for hydroxylation is 1. The third kappa shape index (κ3) is 4.54. The highest BCUT2D eigenvalue weighted by Gasteiger charge is 2.23. The Labute approximate surface area is 184 Å². The molecule has 2 heterocycles. The number of hydrogen-bond donors (Lipinski definition) is 1. The summed E-state index contributed by atoms with van der Waals surface area (Å²) in [6, 6.07) is 6.46. The lowest BCUT2D eigenvalue weighted by Crippen LogP contribution is -2.28. The Kier molecular flexibility index (Phi) is 5.91. The topological polar surface area (TPSA) is 90.3 Å². The summed E-state index contributed by atoms with van der Waals surface area (Å²) in [6.45, 7) is 5.67. The third-order valence-electron chi connectivity index (χ3n) is 5.34. The second-order valence-corrected chi connectivity index (χ2v) is 9.37. The lowest BCUT2D eigenvalue weighted by atomic mass is 9.89. The van der Waals surface area contributed by atoms with Crippen LogP contribution in [0.3, 0.4) is 0 Å². The number of carbonyl (C=O) groups is 2. The van der Waals surface area contributed by atoms with Gasteiger partial charge in [0.1, 0.15) is 11.4 Å². The highest BCUT2D eigenvalue weighted by molar-refractivity contribution is 7.18. The fourth-order valence-electron chi connectivity index (χ4n) is 3.81. The molecular weight excluding hydrogens is 414 g/mol. The second-order valence-electron chi connectivity index (χ2n) is 8.29. The largest absolute Gasteiger partial charge is 0.459 e. The van der Waals surface area contributed by atoms with Crippen LogP contribution in [0.2, 0.25) is 0 Å². The number of aromatic nitrogens is 2. The van der Waals surface area contributed by atoms with Crippen LogP contribution in [-0.2, 0) is 28.9 Å². The maximum atomic E-state index is 13.0. The molecule has 0 saturated carbocycles. The number of hydrogen-bond acceptors (Lipinski definition) is 6. The zero-order chi connectivity index (χ0) is 22.1. The van der Waals surface area contributed by atoms with Gasteiger partial charge in [0.15, 0.2) is 0 Å². The number of fused-ring (bicyclic) bond motifs is 3. The van der Waals surface area contributed by atoms with Gasteiger partial charge in [0.05, 0.1) is 23.4 Å². The van der Waals surface area contributed by atoms with E-state index in [1.807, 2.05) is 0 Å². The quantitative estimate of drug-likeness (QED) is 0.611. The van der Waals surface area contributed by atoms with Gasteiger partial charge in [-0.15, -0.1) is 11.3 Å². The molecule has 1 amide bonds. The summed E-state index contributed by atoms with van der Waals surface area (Å²) in [6.07, 6.45) is 4.18. The van der Waals surface area contributed by atoms with Gasteiger partial charge in [0, 0.05) is 10.6 Å². The van der Waals surface area contributed by atoms with E-state index in [1.165, 1.54) is 15.8 Å². The molecule has 4 rings (SSSR count). The van der Waals surface area contributed by atoms with Crippen molar-refractivity contribution in [3.05, 3.63) is 57.0 Å². The number of amides is 1. The molecule has 0 unspecified atom stereocenters. The Hall–Kier alpha value is -3.00. The summed E-state index contributed by atoms with van der Waals surface area (Å²) < 4.78 is 6.51. The summed E-state index contributed by atoms with van der Waals surface area (Å²) >= 11 is 1.59. The van der Waals surface area contributed by atoms with E-state index in [1.54, 1.807) is 49.4 Å². The van der Waals surface area contributed by atoms with Crippen LogP contribution in [-0.4, -0.2) is 27.5 Å². The SMILES string of the molecule is CC(C)OC(=O)c1ccc(NC(=O)Cn2cnc3sc4c(c3c2=O)CC[C@H](C)C4)cc1. The fourth-order valence-corrected chi connectivity index (χ4v) is 5.15. The van der Waals surface area contributed by atoms with Crippen LogP contribution < -0.4 is 10.9 Å². The summed E-state index contributed by atoms with van der Waals surface area (Å²) in [5, 5.41) is 3.42. The van der Waals surface area contributed by atoms with E-state index in [2.05, 4.69) is 17.2 Å². The highest BCUT2D eigenvalue weighted by Crippen LogP contribution is 2.35. The average Bonchev–Trinajstić information content (AvgIpc) is 3.08. The van der Waals surface area contributed by atoms with Gasteiger partial charge >= 0.3 is 5.97 Å². The van der Waals surface area contributed by atoms with Crippen molar-refractivity contribution in [3.63, 3.8) is 0 Å². The Morgan fingerprint density at radius 1 is 1.29 bits per heavy atom. The Morgan fingerprint density at radius 3 is 2.74 bits per heavy atom. The number of carbonyl (C=O) groups excluding carboxylic acids is 2. The molecule has 3 aromatic rings. The summed E-state index contributed by atoms with van der Waals surface area (Å²) in [5.74, 6) is -0.127. The van der Waals surface area contributed by atoms with Gasteiger partial charge in [0.25, 0.3) is 5.56 Å². The third-order valence-corrected chi connectivity index (χ3v) is 6.51. The van der Waals surface area contributed by atoms with Gasteiger partial charge in [0.2, 0.25) is 5.91 Å². The van der Waals surface area contributed by atoms with Crippen LogP contribution in [0.5, 0.6) is 0 Å². The van der Waals surface area contributed by atoms with E-state index in [9.17, 15) is 14.4 Å². The lowest BCUT2D eigenvalue weighted by Gasteiger charge is -2.17. The number of benzene rings is 1. The van der Waals surface area contributed by atoms with Crippen molar-refractivity contribution in [1.82, 2.24) is 9.55 Å². The maximum Gasteiger partial charge on any atom is 0.338 e. The average molecular weight is 440 g/mol. The first-order valence-electron chi connectivity index (χ1n) is 10.4. The summed E-state index contributed by atoms with van der Waals surface area (Å²) in [4.78, 5) is 43.9. The van der Waals surface area contributed by atoms with Crippen molar-refractivity contribution in [3.8, 4) is 0 Å². The van der Waals surface area contributed by atoms with E-state index in [-0.39, 0.29) is 24.1 Å². The molecule has 0 bridgehead atoms. The molecule has 1 atom stereocenters. The monoisotopic (exact) mass is 439 g/mol. The Balaban J connectivity index is 1.48. The molecule has 31 heavy (non-hydrogen) atoms. The fraction of sp³-hybridized carbons (Fsp3) is 0.391. The molecule has 0 fully saturated rings. The van der Waals surface area contributed by atoms with E-state index >= 15 is 0 Å². The lowest BCUT2D eigenvalue weighted by molar-refractivity contribution is -0.116. The molecule has 1 aromatic carbocycles. The number of thiophene rings is 1. The van der Waals surface area contributed by atoms with Crippen molar-refractivity contribution in [2.75, 3.05) is 5.32 Å². The van der Waals surface area contributed by atoms with E-state index in [4.69, 9.17) is 4.74 Å². The minimum atomic E-state index is -0.410. The molecule has 8 heteroatoms. The number of esters is 1. The Bertz CT molecular complexity index is 1190. The zero-order valence-electron chi connectivity index (χ0n) is 17.8. The highest BCUT2D eigenvalue weighted by atomic mass is 32.1. The van der Waals surface area contributed by atoms with Crippen LogP contribution in [0, 0.1) is 5.92 Å². The first kappa shape index (κ1) is 21.2. The molecule has 1 N–H and O–H groups in total. The maximum absolute atomic E-state index is 13.0. The number of nitrogens with one attached hydrogen (secondary N) is 1. The van der Waals surface area contributed by atoms with Gasteiger partial charge in [-0.2, -0.15) is 0 Å². The van der Waals surface area contributed by atoms with Crippen LogP contribution >= 0.6 is 11.3 Å². The molecule has 1 aliphatic carbocycles. The summed E-state index contributed by atoms with van der Waals surface area (Å²) in [5.41, 5.74) is 1.89. The number of rotatable bonds is 5. The molecule has 0 radical (unpaired) electrons. The molecule has 7 nitrogen and oxygen atoms in total. The van der Waals surface area contributed by atoms with E-state index < -0.39 is 5.97 Å². The van der Waals surface area contributed by atoms with Crippen LogP contribution in [0.4, 0.5) is 5.69 Å². The van der Waals surface area contributed by atoms with Crippen LogP contribution in [0.15, 0.2) is 35.4 Å². The van der Waals surface area contributed by atoms with E-state index in [0.717, 1.165) is 29.7 Å².